The predicted molar refractivity (Wildman–Crippen MR) is 69.9 cm³/mol. The average molecular weight is 301 g/mol. The minimum atomic E-state index is -4.22. The second-order valence-corrected chi connectivity index (χ2v) is 5.88. The topological polar surface area (TPSA) is 157 Å². The highest BCUT2D eigenvalue weighted by atomic mass is 32.2. The van der Waals surface area contributed by atoms with Gasteiger partial charge in [-0.05, 0) is 18.2 Å². The van der Waals surface area contributed by atoms with Crippen LogP contribution in [0.2, 0.25) is 0 Å². The number of nitrogens with one attached hydrogen (secondary N) is 1. The van der Waals surface area contributed by atoms with Crippen molar-refractivity contribution >= 4 is 15.7 Å². The van der Waals surface area contributed by atoms with Gasteiger partial charge in [0, 0.05) is 5.69 Å². The number of benzene rings is 1. The average Bonchev–Trinajstić information content (AvgIpc) is 2.44. The summed E-state index contributed by atoms with van der Waals surface area (Å²) < 4.78 is 26.4. The number of aliphatic hydroxyl groups excluding tert-OH is 3. The van der Waals surface area contributed by atoms with Crippen LogP contribution in [0.4, 0.5) is 5.69 Å². The van der Waals surface area contributed by atoms with Crippen LogP contribution >= 0.6 is 0 Å². The third-order valence-corrected chi connectivity index (χ3v) is 4.31. The maximum atomic E-state index is 12.2. The first kappa shape index (κ1) is 16.4. The number of nitrogen functional groups attached to an aromatic ring is 1. The molecular weight excluding hydrogens is 286 g/mol. The van der Waals surface area contributed by atoms with Crippen molar-refractivity contribution in [2.24, 2.45) is 0 Å². The van der Waals surface area contributed by atoms with E-state index in [1.807, 2.05) is 4.72 Å². The van der Waals surface area contributed by atoms with Gasteiger partial charge in [-0.25, -0.2) is 8.42 Å². The molecule has 20 heavy (non-hydrogen) atoms. The fourth-order valence-corrected chi connectivity index (χ4v) is 2.97. The molecule has 0 radical (unpaired) electrons. The van der Waals surface area contributed by atoms with E-state index < -0.39 is 35.4 Å². The smallest absolute Gasteiger partial charge is 0.242 e. The Labute approximate surface area is 116 Å². The van der Waals surface area contributed by atoms with Gasteiger partial charge in [-0.3, -0.25) is 0 Å². The molecule has 0 unspecified atom stereocenters. The largest absolute Gasteiger partial charge is 0.399 e. The maximum absolute atomic E-state index is 12.2. The third kappa shape index (κ3) is 3.24. The second-order valence-electron chi connectivity index (χ2n) is 4.23. The number of rotatable bonds is 6. The minimum absolute atomic E-state index is 0.180. The Balaban J connectivity index is 3.28. The number of hydrogen-bond donors (Lipinski definition) is 5. The van der Waals surface area contributed by atoms with E-state index in [1.165, 1.54) is 12.1 Å². The lowest BCUT2D eigenvalue weighted by molar-refractivity contribution is 0.0582. The van der Waals surface area contributed by atoms with Gasteiger partial charge in [-0.2, -0.15) is 9.98 Å². The van der Waals surface area contributed by atoms with Gasteiger partial charge in [0.05, 0.1) is 30.3 Å². The van der Waals surface area contributed by atoms with Gasteiger partial charge in [-0.15, -0.1) is 0 Å². The van der Waals surface area contributed by atoms with E-state index >= 15 is 0 Å². The van der Waals surface area contributed by atoms with Crippen molar-refractivity contribution in [2.45, 2.75) is 10.4 Å². The van der Waals surface area contributed by atoms with Crippen molar-refractivity contribution in [3.8, 4) is 6.07 Å². The molecule has 1 aromatic rings. The zero-order valence-electron chi connectivity index (χ0n) is 10.4. The molecule has 1 rings (SSSR count). The third-order valence-electron chi connectivity index (χ3n) is 2.67. The van der Waals surface area contributed by atoms with E-state index in [0.717, 1.165) is 6.07 Å². The van der Waals surface area contributed by atoms with Crippen LogP contribution in [0.3, 0.4) is 0 Å². The number of hydrogen-bond acceptors (Lipinski definition) is 7. The molecule has 6 N–H and O–H groups in total. The molecule has 0 fully saturated rings. The van der Waals surface area contributed by atoms with Gasteiger partial charge in [0.1, 0.15) is 11.6 Å². The lowest BCUT2D eigenvalue weighted by atomic mass is 10.1. The van der Waals surface area contributed by atoms with Gasteiger partial charge in [0.25, 0.3) is 0 Å². The summed E-state index contributed by atoms with van der Waals surface area (Å²) in [5, 5.41) is 36.3. The summed E-state index contributed by atoms with van der Waals surface area (Å²) in [5.41, 5.74) is 3.69. The van der Waals surface area contributed by atoms with E-state index in [1.54, 1.807) is 6.07 Å². The molecule has 110 valence electrons. The Morgan fingerprint density at radius 2 is 1.80 bits per heavy atom. The number of sulfonamides is 1. The van der Waals surface area contributed by atoms with Gasteiger partial charge < -0.3 is 21.1 Å². The van der Waals surface area contributed by atoms with Crippen LogP contribution < -0.4 is 10.5 Å². The number of nitriles is 1. The first-order chi connectivity index (χ1) is 9.34. The number of anilines is 1. The highest BCUT2D eigenvalue weighted by Crippen LogP contribution is 2.19. The van der Waals surface area contributed by atoms with Gasteiger partial charge in [0.2, 0.25) is 10.0 Å². The Hall–Kier alpha value is -1.70. The van der Waals surface area contributed by atoms with Crippen LogP contribution in [0, 0.1) is 11.3 Å². The zero-order chi connectivity index (χ0) is 15.4. The van der Waals surface area contributed by atoms with E-state index in [4.69, 9.17) is 26.3 Å². The lowest BCUT2D eigenvalue weighted by Crippen LogP contribution is -2.56. The molecule has 0 aliphatic rings. The number of aliphatic hydroxyl groups is 3. The quantitative estimate of drug-likeness (QED) is 0.385. The molecule has 0 heterocycles. The maximum Gasteiger partial charge on any atom is 0.242 e. The Morgan fingerprint density at radius 1 is 1.25 bits per heavy atom. The van der Waals surface area contributed by atoms with E-state index in [0.29, 0.717) is 0 Å². The van der Waals surface area contributed by atoms with Crippen molar-refractivity contribution in [2.75, 3.05) is 25.6 Å². The van der Waals surface area contributed by atoms with Crippen molar-refractivity contribution in [1.29, 1.82) is 5.26 Å². The van der Waals surface area contributed by atoms with Gasteiger partial charge >= 0.3 is 0 Å². The van der Waals surface area contributed by atoms with Gasteiger partial charge in [-0.1, -0.05) is 0 Å². The molecule has 0 bridgehead atoms. The van der Waals surface area contributed by atoms with Crippen LogP contribution in [-0.2, 0) is 10.0 Å². The fourth-order valence-electron chi connectivity index (χ4n) is 1.46. The lowest BCUT2D eigenvalue weighted by Gasteiger charge is -2.28. The Bertz CT molecular complexity index is 611. The SMILES string of the molecule is N#Cc1cc(N)ccc1S(=O)(=O)NC(CO)(CO)CO. The highest BCUT2D eigenvalue weighted by molar-refractivity contribution is 7.89. The number of nitrogens with two attached hydrogens (primary N) is 1. The van der Waals surface area contributed by atoms with Crippen LogP contribution in [0.1, 0.15) is 5.56 Å². The first-order valence-corrected chi connectivity index (χ1v) is 6.98. The first-order valence-electron chi connectivity index (χ1n) is 5.50. The summed E-state index contributed by atoms with van der Waals surface area (Å²) in [5.74, 6) is 0. The molecule has 0 aliphatic carbocycles. The molecule has 0 saturated carbocycles. The molecule has 0 amide bonds. The second kappa shape index (κ2) is 6.17. The molecule has 0 aromatic heterocycles. The Kier molecular flexibility index (Phi) is 5.04. The van der Waals surface area contributed by atoms with Crippen LogP contribution in [0.25, 0.3) is 0 Å². The van der Waals surface area contributed by atoms with E-state index in [9.17, 15) is 8.42 Å². The van der Waals surface area contributed by atoms with Crippen molar-refractivity contribution in [3.05, 3.63) is 23.8 Å². The standard InChI is InChI=1S/C11H15N3O5S/c12-4-8-3-9(13)1-2-10(8)20(18,19)14-11(5-15,6-16)7-17/h1-3,14-17H,5-7,13H2. The van der Waals surface area contributed by atoms with Gasteiger partial charge in [0.15, 0.2) is 0 Å². The molecule has 9 heteroatoms. The molecule has 8 nitrogen and oxygen atoms in total. The molecule has 0 saturated heterocycles. The van der Waals surface area contributed by atoms with Crippen LogP contribution in [0.5, 0.6) is 0 Å². The summed E-state index contributed by atoms with van der Waals surface area (Å²) in [6, 6.07) is 5.31. The zero-order valence-corrected chi connectivity index (χ0v) is 11.3. The van der Waals surface area contributed by atoms with Crippen LogP contribution in [-0.4, -0.2) is 49.1 Å². The summed E-state index contributed by atoms with van der Waals surface area (Å²) in [7, 11) is -4.22. The summed E-state index contributed by atoms with van der Waals surface area (Å²) in [6.07, 6.45) is 0. The molecule has 0 atom stereocenters. The van der Waals surface area contributed by atoms with Crippen molar-refractivity contribution in [1.82, 2.24) is 4.72 Å². The molecular formula is C11H15N3O5S. The number of nitrogens with zero attached hydrogens (tertiary/aromatic N) is 1. The predicted octanol–water partition coefficient (Wildman–Crippen LogP) is -1.87. The normalized spacial score (nSPS) is 12.1. The summed E-state index contributed by atoms with van der Waals surface area (Å²) >= 11 is 0. The Morgan fingerprint density at radius 3 is 2.25 bits per heavy atom. The van der Waals surface area contributed by atoms with Crippen molar-refractivity contribution in [3.63, 3.8) is 0 Å². The monoisotopic (exact) mass is 301 g/mol. The minimum Gasteiger partial charge on any atom is -0.399 e. The van der Waals surface area contributed by atoms with E-state index in [-0.39, 0.29) is 16.1 Å². The molecule has 1 aromatic carbocycles. The van der Waals surface area contributed by atoms with Crippen molar-refractivity contribution < 1.29 is 23.7 Å². The van der Waals surface area contributed by atoms with E-state index in [2.05, 4.69) is 0 Å². The summed E-state index contributed by atoms with van der Waals surface area (Å²) in [6.45, 7) is -2.43. The summed E-state index contributed by atoms with van der Waals surface area (Å²) in [4.78, 5) is -0.353. The van der Waals surface area contributed by atoms with Crippen LogP contribution in [0.15, 0.2) is 23.1 Å². The molecule has 0 aliphatic heterocycles. The molecule has 0 spiro atoms. The fraction of sp³-hybridized carbons (Fsp3) is 0.364. The highest BCUT2D eigenvalue weighted by Gasteiger charge is 2.34.